The molecule has 4 heteroatoms. The van der Waals surface area contributed by atoms with Gasteiger partial charge >= 0.3 is 5.97 Å². The number of hydrogen-bond donors (Lipinski definition) is 0. The summed E-state index contributed by atoms with van der Waals surface area (Å²) in [6.45, 7) is 2.92. The van der Waals surface area contributed by atoms with Crippen LogP contribution in [-0.4, -0.2) is 19.7 Å². The lowest BCUT2D eigenvalue weighted by Crippen LogP contribution is -2.00. The van der Waals surface area contributed by atoms with Crippen LogP contribution in [0.2, 0.25) is 0 Å². The molecule has 0 unspecified atom stereocenters. The Morgan fingerprint density at radius 3 is 2.52 bits per heavy atom. The van der Waals surface area contributed by atoms with Gasteiger partial charge in [-0.25, -0.2) is 4.79 Å². The topological polar surface area (TPSA) is 44.8 Å². The van der Waals surface area contributed by atoms with Crippen LogP contribution in [0.25, 0.3) is 6.08 Å². The fourth-order valence-corrected chi connectivity index (χ4v) is 1.98. The maximum absolute atomic E-state index is 11.2. The van der Waals surface area contributed by atoms with Gasteiger partial charge in [-0.2, -0.15) is 0 Å². The monoisotopic (exact) mass is 312 g/mol. The Balaban J connectivity index is 2.12. The molecule has 0 aliphatic rings. The standard InChI is InChI=1S/C19H20O4/c1-3-22-18-13-15(10-12-19(20)21-2)9-11-17(18)23-14-16-7-5-4-6-8-16/h4-13H,3,14H2,1-2H3/b12-10+. The highest BCUT2D eigenvalue weighted by Crippen LogP contribution is 2.29. The fourth-order valence-electron chi connectivity index (χ4n) is 1.98. The van der Waals surface area contributed by atoms with Gasteiger partial charge in [0.25, 0.3) is 0 Å². The second-order valence-corrected chi connectivity index (χ2v) is 4.77. The van der Waals surface area contributed by atoms with Gasteiger partial charge in [-0.15, -0.1) is 0 Å². The van der Waals surface area contributed by atoms with Crippen molar-refractivity contribution < 1.29 is 19.0 Å². The van der Waals surface area contributed by atoms with Crippen LogP contribution in [0.5, 0.6) is 11.5 Å². The van der Waals surface area contributed by atoms with Crippen molar-refractivity contribution in [3.8, 4) is 11.5 Å². The van der Waals surface area contributed by atoms with Gasteiger partial charge in [-0.3, -0.25) is 0 Å². The van der Waals surface area contributed by atoms with Crippen LogP contribution in [0.3, 0.4) is 0 Å². The highest BCUT2D eigenvalue weighted by atomic mass is 16.5. The molecule has 0 fully saturated rings. The molecule has 120 valence electrons. The average Bonchev–Trinajstić information content (AvgIpc) is 2.60. The molecule has 0 bridgehead atoms. The first kappa shape index (κ1) is 16.6. The molecule has 0 N–H and O–H groups in total. The van der Waals surface area contributed by atoms with Crippen LogP contribution in [-0.2, 0) is 16.1 Å². The van der Waals surface area contributed by atoms with Crippen molar-refractivity contribution in [2.45, 2.75) is 13.5 Å². The van der Waals surface area contributed by atoms with E-state index in [9.17, 15) is 4.79 Å². The summed E-state index contributed by atoms with van der Waals surface area (Å²) < 4.78 is 16.0. The number of carbonyl (C=O) groups excluding carboxylic acids is 1. The molecule has 0 atom stereocenters. The molecule has 0 amide bonds. The van der Waals surface area contributed by atoms with Crippen molar-refractivity contribution in [2.24, 2.45) is 0 Å². The molecule has 0 radical (unpaired) electrons. The van der Waals surface area contributed by atoms with Gasteiger partial charge in [0.2, 0.25) is 0 Å². The van der Waals surface area contributed by atoms with E-state index in [-0.39, 0.29) is 0 Å². The Morgan fingerprint density at radius 1 is 1.04 bits per heavy atom. The predicted octanol–water partition coefficient (Wildman–Crippen LogP) is 3.85. The zero-order valence-electron chi connectivity index (χ0n) is 13.3. The molecule has 2 aromatic carbocycles. The second kappa shape index (κ2) is 8.63. The molecule has 0 aromatic heterocycles. The SMILES string of the molecule is CCOc1cc(/C=C/C(=O)OC)ccc1OCc1ccccc1. The van der Waals surface area contributed by atoms with Crippen LogP contribution in [0.15, 0.2) is 54.6 Å². The van der Waals surface area contributed by atoms with Crippen molar-refractivity contribution in [3.05, 3.63) is 65.7 Å². The Kier molecular flexibility index (Phi) is 6.24. The number of rotatable bonds is 7. The summed E-state index contributed by atoms with van der Waals surface area (Å²) in [7, 11) is 1.35. The van der Waals surface area contributed by atoms with Gasteiger partial charge < -0.3 is 14.2 Å². The third-order valence-electron chi connectivity index (χ3n) is 3.12. The van der Waals surface area contributed by atoms with Crippen molar-refractivity contribution in [2.75, 3.05) is 13.7 Å². The minimum absolute atomic E-state index is 0.396. The van der Waals surface area contributed by atoms with Crippen LogP contribution in [0.1, 0.15) is 18.1 Å². The predicted molar refractivity (Wildman–Crippen MR) is 89.4 cm³/mol. The Hall–Kier alpha value is -2.75. The Bertz CT molecular complexity index is 662. The summed E-state index contributed by atoms with van der Waals surface area (Å²) in [6.07, 6.45) is 3.05. The first-order chi connectivity index (χ1) is 11.2. The lowest BCUT2D eigenvalue weighted by atomic mass is 10.2. The van der Waals surface area contributed by atoms with E-state index in [0.29, 0.717) is 24.7 Å². The second-order valence-electron chi connectivity index (χ2n) is 4.77. The van der Waals surface area contributed by atoms with Gasteiger partial charge in [-0.05, 0) is 36.3 Å². The van der Waals surface area contributed by atoms with Crippen molar-refractivity contribution >= 4 is 12.0 Å². The lowest BCUT2D eigenvalue weighted by Gasteiger charge is -2.12. The molecule has 23 heavy (non-hydrogen) atoms. The third-order valence-corrected chi connectivity index (χ3v) is 3.12. The largest absolute Gasteiger partial charge is 0.490 e. The van der Waals surface area contributed by atoms with E-state index in [1.54, 1.807) is 6.08 Å². The quantitative estimate of drug-likeness (QED) is 0.575. The minimum atomic E-state index is -0.396. The maximum atomic E-state index is 11.2. The molecule has 0 saturated heterocycles. The average molecular weight is 312 g/mol. The van der Waals surface area contributed by atoms with Crippen LogP contribution in [0.4, 0.5) is 0 Å². The normalized spacial score (nSPS) is 10.5. The molecule has 2 rings (SSSR count). The minimum Gasteiger partial charge on any atom is -0.490 e. The molecule has 0 aliphatic carbocycles. The van der Waals surface area contributed by atoms with E-state index in [4.69, 9.17) is 9.47 Å². The summed E-state index contributed by atoms with van der Waals surface area (Å²) in [5.41, 5.74) is 1.93. The van der Waals surface area contributed by atoms with Gasteiger partial charge in [0.05, 0.1) is 13.7 Å². The lowest BCUT2D eigenvalue weighted by molar-refractivity contribution is -0.134. The molecule has 0 heterocycles. The van der Waals surface area contributed by atoms with E-state index < -0.39 is 5.97 Å². The molecule has 2 aromatic rings. The maximum Gasteiger partial charge on any atom is 0.330 e. The van der Waals surface area contributed by atoms with Gasteiger partial charge in [0.15, 0.2) is 11.5 Å². The zero-order valence-corrected chi connectivity index (χ0v) is 13.3. The third kappa shape index (κ3) is 5.18. The van der Waals surface area contributed by atoms with E-state index in [1.165, 1.54) is 13.2 Å². The summed E-state index contributed by atoms with van der Waals surface area (Å²) in [5, 5.41) is 0. The fraction of sp³-hybridized carbons (Fsp3) is 0.211. The summed E-state index contributed by atoms with van der Waals surface area (Å²) >= 11 is 0. The van der Waals surface area contributed by atoms with Crippen molar-refractivity contribution in [1.82, 2.24) is 0 Å². The highest BCUT2D eigenvalue weighted by molar-refractivity contribution is 5.87. The molecule has 0 saturated carbocycles. The summed E-state index contributed by atoms with van der Waals surface area (Å²) in [5.74, 6) is 0.925. The van der Waals surface area contributed by atoms with Crippen LogP contribution >= 0.6 is 0 Å². The first-order valence-corrected chi connectivity index (χ1v) is 7.42. The van der Waals surface area contributed by atoms with Crippen molar-refractivity contribution in [3.63, 3.8) is 0 Å². The molecule has 0 aliphatic heterocycles. The van der Waals surface area contributed by atoms with Crippen molar-refractivity contribution in [1.29, 1.82) is 0 Å². The number of benzene rings is 2. The number of methoxy groups -OCH3 is 1. The van der Waals surface area contributed by atoms with Gasteiger partial charge in [0, 0.05) is 6.08 Å². The van der Waals surface area contributed by atoms with Gasteiger partial charge in [-0.1, -0.05) is 36.4 Å². The smallest absolute Gasteiger partial charge is 0.330 e. The van der Waals surface area contributed by atoms with Crippen LogP contribution < -0.4 is 9.47 Å². The number of hydrogen-bond acceptors (Lipinski definition) is 4. The highest BCUT2D eigenvalue weighted by Gasteiger charge is 2.06. The number of carbonyl (C=O) groups is 1. The Labute approximate surface area is 136 Å². The summed E-state index contributed by atoms with van der Waals surface area (Å²) in [6, 6.07) is 15.5. The molecular weight excluding hydrogens is 292 g/mol. The first-order valence-electron chi connectivity index (χ1n) is 7.42. The van der Waals surface area contributed by atoms with E-state index >= 15 is 0 Å². The van der Waals surface area contributed by atoms with E-state index in [0.717, 1.165) is 11.1 Å². The van der Waals surface area contributed by atoms with Gasteiger partial charge in [0.1, 0.15) is 6.61 Å². The van der Waals surface area contributed by atoms with Crippen LogP contribution in [0, 0.1) is 0 Å². The molecular formula is C19H20O4. The van der Waals surface area contributed by atoms with E-state index in [2.05, 4.69) is 4.74 Å². The molecule has 4 nitrogen and oxygen atoms in total. The number of ether oxygens (including phenoxy) is 3. The number of esters is 1. The zero-order chi connectivity index (χ0) is 16.5. The molecule has 0 spiro atoms. The Morgan fingerprint density at radius 2 is 1.83 bits per heavy atom. The summed E-state index contributed by atoms with van der Waals surface area (Å²) in [4.78, 5) is 11.2. The van der Waals surface area contributed by atoms with E-state index in [1.807, 2.05) is 55.5 Å².